The lowest BCUT2D eigenvalue weighted by Gasteiger charge is -2.13. The zero-order chi connectivity index (χ0) is 18.4. The van der Waals surface area contributed by atoms with Gasteiger partial charge in [-0.3, -0.25) is 4.79 Å². The highest BCUT2D eigenvalue weighted by molar-refractivity contribution is 6.32. The van der Waals surface area contributed by atoms with Crippen molar-refractivity contribution in [1.29, 1.82) is 0 Å². The monoisotopic (exact) mass is 379 g/mol. The molecule has 0 spiro atoms. The number of amides is 1. The first-order valence-corrected chi connectivity index (χ1v) is 8.35. The molecular formula is C19H19Cl2NO3. The third-order valence-corrected chi connectivity index (χ3v) is 4.11. The highest BCUT2D eigenvalue weighted by atomic mass is 35.5. The van der Waals surface area contributed by atoms with Gasteiger partial charge in [-0.05, 0) is 48.4 Å². The predicted octanol–water partition coefficient (Wildman–Crippen LogP) is 4.90. The van der Waals surface area contributed by atoms with Crippen molar-refractivity contribution < 1.29 is 14.3 Å². The zero-order valence-electron chi connectivity index (χ0n) is 14.2. The molecule has 4 nitrogen and oxygen atoms in total. The van der Waals surface area contributed by atoms with Gasteiger partial charge in [0.25, 0.3) is 0 Å². The van der Waals surface area contributed by atoms with Gasteiger partial charge in [-0.2, -0.15) is 0 Å². The third kappa shape index (κ3) is 5.15. The minimum atomic E-state index is -0.224. The predicted molar refractivity (Wildman–Crippen MR) is 102 cm³/mol. The smallest absolute Gasteiger partial charge is 0.244 e. The van der Waals surface area contributed by atoms with Crippen LogP contribution >= 0.6 is 23.2 Å². The summed E-state index contributed by atoms with van der Waals surface area (Å²) in [5, 5.41) is 3.93. The quantitative estimate of drug-likeness (QED) is 0.725. The van der Waals surface area contributed by atoms with E-state index in [-0.39, 0.29) is 11.9 Å². The second kappa shape index (κ2) is 8.79. The lowest BCUT2D eigenvalue weighted by Crippen LogP contribution is -2.24. The molecule has 0 unspecified atom stereocenters. The van der Waals surface area contributed by atoms with Crippen molar-refractivity contribution in [3.63, 3.8) is 0 Å². The molecular weight excluding hydrogens is 361 g/mol. The number of carbonyl (C=O) groups excluding carboxylic acids is 1. The molecule has 0 bridgehead atoms. The van der Waals surface area contributed by atoms with Crippen LogP contribution in [-0.2, 0) is 4.79 Å². The van der Waals surface area contributed by atoms with Gasteiger partial charge in [0, 0.05) is 11.1 Å². The zero-order valence-corrected chi connectivity index (χ0v) is 15.7. The van der Waals surface area contributed by atoms with Crippen molar-refractivity contribution in [2.24, 2.45) is 0 Å². The van der Waals surface area contributed by atoms with Crippen molar-refractivity contribution in [2.45, 2.75) is 13.0 Å². The number of benzene rings is 2. The first-order valence-electron chi connectivity index (χ1n) is 7.60. The summed E-state index contributed by atoms with van der Waals surface area (Å²) in [4.78, 5) is 12.1. The van der Waals surface area contributed by atoms with E-state index in [4.69, 9.17) is 32.7 Å². The first kappa shape index (κ1) is 19.2. The largest absolute Gasteiger partial charge is 0.493 e. The molecule has 1 atom stereocenters. The van der Waals surface area contributed by atoms with Gasteiger partial charge in [-0.25, -0.2) is 0 Å². The van der Waals surface area contributed by atoms with Gasteiger partial charge in [-0.1, -0.05) is 35.3 Å². The van der Waals surface area contributed by atoms with Crippen LogP contribution in [0.4, 0.5) is 0 Å². The van der Waals surface area contributed by atoms with Crippen LogP contribution in [0.25, 0.3) is 6.08 Å². The van der Waals surface area contributed by atoms with E-state index in [1.165, 1.54) is 20.3 Å². The maximum absolute atomic E-state index is 12.1. The summed E-state index contributed by atoms with van der Waals surface area (Å²) in [5.41, 5.74) is 1.66. The van der Waals surface area contributed by atoms with Crippen LogP contribution in [-0.4, -0.2) is 20.1 Å². The molecule has 2 aromatic rings. The number of nitrogens with one attached hydrogen (secondary N) is 1. The molecule has 0 saturated heterocycles. The Hall–Kier alpha value is -2.17. The summed E-state index contributed by atoms with van der Waals surface area (Å²) < 4.78 is 10.4. The second-order valence-corrected chi connectivity index (χ2v) is 6.20. The Morgan fingerprint density at radius 2 is 1.92 bits per heavy atom. The molecule has 0 aliphatic rings. The Morgan fingerprint density at radius 3 is 2.56 bits per heavy atom. The van der Waals surface area contributed by atoms with Crippen LogP contribution in [0.15, 0.2) is 42.5 Å². The van der Waals surface area contributed by atoms with E-state index in [9.17, 15) is 4.79 Å². The molecule has 6 heteroatoms. The van der Waals surface area contributed by atoms with Crippen LogP contribution in [0.5, 0.6) is 11.5 Å². The van der Waals surface area contributed by atoms with Crippen molar-refractivity contribution >= 4 is 35.2 Å². The average molecular weight is 380 g/mol. The molecule has 132 valence electrons. The third-order valence-electron chi connectivity index (χ3n) is 3.59. The van der Waals surface area contributed by atoms with Crippen molar-refractivity contribution in [3.05, 3.63) is 63.6 Å². The summed E-state index contributed by atoms with van der Waals surface area (Å²) >= 11 is 12.1. The fourth-order valence-electron chi connectivity index (χ4n) is 2.33. The van der Waals surface area contributed by atoms with Crippen LogP contribution in [0.3, 0.4) is 0 Å². The number of rotatable bonds is 6. The van der Waals surface area contributed by atoms with E-state index in [1.807, 2.05) is 25.1 Å². The van der Waals surface area contributed by atoms with Crippen molar-refractivity contribution in [1.82, 2.24) is 5.32 Å². The van der Waals surface area contributed by atoms with Gasteiger partial charge in [0.2, 0.25) is 5.91 Å². The summed E-state index contributed by atoms with van der Waals surface area (Å²) in [6.45, 7) is 1.89. The van der Waals surface area contributed by atoms with E-state index in [0.29, 0.717) is 21.5 Å². The number of hydrogen-bond acceptors (Lipinski definition) is 3. The molecule has 0 radical (unpaired) electrons. The van der Waals surface area contributed by atoms with E-state index in [2.05, 4.69) is 5.32 Å². The number of methoxy groups -OCH3 is 2. The van der Waals surface area contributed by atoms with Gasteiger partial charge in [0.05, 0.1) is 25.3 Å². The summed E-state index contributed by atoms with van der Waals surface area (Å²) in [5.74, 6) is 0.737. The SMILES string of the molecule is COc1cc(/C=C/C(=O)N[C@H](C)c2cccc(Cl)c2)cc(Cl)c1OC. The van der Waals surface area contributed by atoms with E-state index >= 15 is 0 Å². The Morgan fingerprint density at radius 1 is 1.16 bits per heavy atom. The summed E-state index contributed by atoms with van der Waals surface area (Å²) in [6, 6.07) is 10.7. The lowest BCUT2D eigenvalue weighted by molar-refractivity contribution is -0.117. The number of ether oxygens (including phenoxy) is 2. The normalized spacial score (nSPS) is 12.0. The maximum Gasteiger partial charge on any atom is 0.244 e. The molecule has 1 amide bonds. The Labute approximate surface area is 157 Å². The molecule has 0 heterocycles. The molecule has 1 N–H and O–H groups in total. The van der Waals surface area contributed by atoms with Crippen LogP contribution < -0.4 is 14.8 Å². The standard InChI is InChI=1S/C19H19Cl2NO3/c1-12(14-5-4-6-15(20)11-14)22-18(23)8-7-13-9-16(21)19(25-3)17(10-13)24-2/h4-12H,1-3H3,(H,22,23)/b8-7+/t12-/m1/s1. The van der Waals surface area contributed by atoms with Gasteiger partial charge >= 0.3 is 0 Å². The van der Waals surface area contributed by atoms with Gasteiger partial charge in [-0.15, -0.1) is 0 Å². The van der Waals surface area contributed by atoms with Gasteiger partial charge in [0.1, 0.15) is 0 Å². The minimum Gasteiger partial charge on any atom is -0.493 e. The van der Waals surface area contributed by atoms with Crippen molar-refractivity contribution in [3.8, 4) is 11.5 Å². The molecule has 0 fully saturated rings. The number of halogens is 2. The molecule has 0 aliphatic carbocycles. The van der Waals surface area contributed by atoms with Crippen LogP contribution in [0, 0.1) is 0 Å². The highest BCUT2D eigenvalue weighted by Crippen LogP contribution is 2.36. The molecule has 0 aliphatic heterocycles. The Kier molecular flexibility index (Phi) is 6.73. The van der Waals surface area contributed by atoms with Gasteiger partial charge < -0.3 is 14.8 Å². The minimum absolute atomic E-state index is 0.162. The fourth-order valence-corrected chi connectivity index (χ4v) is 2.82. The molecule has 2 aromatic carbocycles. The second-order valence-electron chi connectivity index (χ2n) is 5.36. The summed E-state index contributed by atoms with van der Waals surface area (Å²) in [7, 11) is 3.05. The lowest BCUT2D eigenvalue weighted by atomic mass is 10.1. The molecule has 2 rings (SSSR count). The molecule has 0 saturated carbocycles. The Bertz CT molecular complexity index is 790. The van der Waals surface area contributed by atoms with E-state index in [0.717, 1.165) is 11.1 Å². The number of carbonyl (C=O) groups is 1. The highest BCUT2D eigenvalue weighted by Gasteiger charge is 2.11. The van der Waals surface area contributed by atoms with Crippen molar-refractivity contribution in [2.75, 3.05) is 14.2 Å². The summed E-state index contributed by atoms with van der Waals surface area (Å²) in [6.07, 6.45) is 3.10. The van der Waals surface area contributed by atoms with E-state index in [1.54, 1.807) is 24.3 Å². The fraction of sp³-hybridized carbons (Fsp3) is 0.211. The molecule has 25 heavy (non-hydrogen) atoms. The van der Waals surface area contributed by atoms with Gasteiger partial charge in [0.15, 0.2) is 11.5 Å². The number of hydrogen-bond donors (Lipinski definition) is 1. The van der Waals surface area contributed by atoms with Crippen LogP contribution in [0.2, 0.25) is 10.0 Å². The first-order chi connectivity index (χ1) is 11.9. The molecule has 0 aromatic heterocycles. The topological polar surface area (TPSA) is 47.6 Å². The van der Waals surface area contributed by atoms with Crippen LogP contribution in [0.1, 0.15) is 24.1 Å². The maximum atomic E-state index is 12.1. The average Bonchev–Trinajstić information content (AvgIpc) is 2.59. The Balaban J connectivity index is 2.08. The van der Waals surface area contributed by atoms with E-state index < -0.39 is 0 Å².